The molecule has 1 heterocycles. The first-order chi connectivity index (χ1) is 15.3. The Kier molecular flexibility index (Phi) is 6.45. The average Bonchev–Trinajstić information content (AvgIpc) is 2.82. The lowest BCUT2D eigenvalue weighted by atomic mass is 10.1. The maximum absolute atomic E-state index is 12.9. The van der Waals surface area contributed by atoms with Crippen LogP contribution in [0.15, 0.2) is 76.5 Å². The van der Waals surface area contributed by atoms with Gasteiger partial charge in [-0.3, -0.25) is 14.9 Å². The van der Waals surface area contributed by atoms with Gasteiger partial charge in [-0.15, -0.1) is 11.8 Å². The number of rotatable bonds is 6. The molecule has 8 nitrogen and oxygen atoms in total. The molecule has 3 aromatic rings. The summed E-state index contributed by atoms with van der Waals surface area (Å²) in [5.41, 5.74) is -0.273. The number of hydrogen-bond donors (Lipinski definition) is 0. The Hall–Kier alpha value is -2.95. The fourth-order valence-corrected chi connectivity index (χ4v) is 5.89. The van der Waals surface area contributed by atoms with E-state index in [0.717, 1.165) is 21.7 Å². The van der Waals surface area contributed by atoms with Crippen LogP contribution in [0.2, 0.25) is 0 Å². The van der Waals surface area contributed by atoms with Crippen LogP contribution in [0.1, 0.15) is 0 Å². The SMILES string of the molecule is O=C(CSc1ccc2ccccc2c1)N1CCN(S(=O)(=O)c2cccc([N+](=O)[O-])c2)CC1. The Morgan fingerprint density at radius 3 is 2.38 bits per heavy atom. The number of non-ortho nitro benzene ring substituents is 1. The van der Waals surface area contributed by atoms with Gasteiger partial charge in [0, 0.05) is 43.2 Å². The highest BCUT2D eigenvalue weighted by molar-refractivity contribution is 8.00. The van der Waals surface area contributed by atoms with E-state index in [9.17, 15) is 23.3 Å². The Bertz CT molecular complexity index is 1270. The molecule has 1 aliphatic heterocycles. The molecule has 1 saturated heterocycles. The summed E-state index contributed by atoms with van der Waals surface area (Å²) in [5, 5.41) is 13.2. The van der Waals surface area contributed by atoms with Crippen LogP contribution in [0, 0.1) is 10.1 Å². The van der Waals surface area contributed by atoms with Gasteiger partial charge < -0.3 is 4.90 Å². The maximum Gasteiger partial charge on any atom is 0.270 e. The first-order valence-corrected chi connectivity index (χ1v) is 12.4. The fraction of sp³-hybridized carbons (Fsp3) is 0.227. The van der Waals surface area contributed by atoms with Gasteiger partial charge in [-0.1, -0.05) is 36.4 Å². The van der Waals surface area contributed by atoms with Crippen molar-refractivity contribution >= 4 is 44.2 Å². The molecule has 0 aliphatic carbocycles. The van der Waals surface area contributed by atoms with Gasteiger partial charge in [0.2, 0.25) is 15.9 Å². The summed E-state index contributed by atoms with van der Waals surface area (Å²) < 4.78 is 27.0. The molecule has 3 aromatic carbocycles. The van der Waals surface area contributed by atoms with Crippen molar-refractivity contribution in [3.63, 3.8) is 0 Å². The number of nitro groups is 1. The van der Waals surface area contributed by atoms with Gasteiger partial charge in [0.1, 0.15) is 0 Å². The number of nitrogens with zero attached hydrogens (tertiary/aromatic N) is 3. The van der Waals surface area contributed by atoms with Crippen molar-refractivity contribution < 1.29 is 18.1 Å². The van der Waals surface area contributed by atoms with Crippen molar-refractivity contribution in [3.05, 3.63) is 76.8 Å². The van der Waals surface area contributed by atoms with Crippen LogP contribution in [0.5, 0.6) is 0 Å². The van der Waals surface area contributed by atoms with Crippen LogP contribution in [0.3, 0.4) is 0 Å². The van der Waals surface area contributed by atoms with E-state index in [0.29, 0.717) is 0 Å². The minimum absolute atomic E-state index is 0.0458. The molecule has 0 atom stereocenters. The van der Waals surface area contributed by atoms with E-state index in [4.69, 9.17) is 0 Å². The molecule has 0 bridgehead atoms. The summed E-state index contributed by atoms with van der Waals surface area (Å²) in [4.78, 5) is 25.5. The zero-order valence-corrected chi connectivity index (χ0v) is 18.7. The van der Waals surface area contributed by atoms with E-state index < -0.39 is 14.9 Å². The Labute approximate surface area is 190 Å². The molecular weight excluding hydrogens is 450 g/mol. The molecule has 32 heavy (non-hydrogen) atoms. The second kappa shape index (κ2) is 9.27. The molecule has 1 aliphatic rings. The van der Waals surface area contributed by atoms with Crippen molar-refractivity contribution in [2.75, 3.05) is 31.9 Å². The highest BCUT2D eigenvalue weighted by Gasteiger charge is 2.30. The number of nitro benzene ring substituents is 1. The summed E-state index contributed by atoms with van der Waals surface area (Å²) >= 11 is 1.46. The summed E-state index contributed by atoms with van der Waals surface area (Å²) in [6.07, 6.45) is 0. The molecule has 0 saturated carbocycles. The van der Waals surface area contributed by atoms with Crippen LogP contribution < -0.4 is 0 Å². The summed E-state index contributed by atoms with van der Waals surface area (Å²) in [5.74, 6) is 0.228. The Morgan fingerprint density at radius 1 is 0.938 bits per heavy atom. The molecule has 0 aromatic heterocycles. The second-order valence-corrected chi connectivity index (χ2v) is 10.3. The van der Waals surface area contributed by atoms with Gasteiger partial charge in [-0.2, -0.15) is 4.31 Å². The smallest absolute Gasteiger partial charge is 0.270 e. The minimum Gasteiger partial charge on any atom is -0.339 e. The first kappa shape index (κ1) is 22.3. The molecule has 166 valence electrons. The van der Waals surface area contributed by atoms with Crippen LogP contribution in [-0.2, 0) is 14.8 Å². The summed E-state index contributed by atoms with van der Waals surface area (Å²) in [6, 6.07) is 19.1. The first-order valence-electron chi connectivity index (χ1n) is 9.98. The molecule has 0 spiro atoms. The molecule has 0 radical (unpaired) electrons. The normalized spacial score (nSPS) is 15.1. The lowest BCUT2D eigenvalue weighted by Crippen LogP contribution is -2.50. The average molecular weight is 472 g/mol. The van der Waals surface area contributed by atoms with Gasteiger partial charge in [0.25, 0.3) is 5.69 Å². The lowest BCUT2D eigenvalue weighted by molar-refractivity contribution is -0.385. The standard InChI is InChI=1S/C22H21N3O5S2/c26-22(16-31-20-9-8-17-4-1-2-5-18(17)14-20)23-10-12-24(13-11-23)32(29,30)21-7-3-6-19(15-21)25(27)28/h1-9,14-15H,10-13,16H2. The van der Waals surface area contributed by atoms with E-state index in [1.54, 1.807) is 4.90 Å². The number of piperazine rings is 1. The number of thioether (sulfide) groups is 1. The third-order valence-electron chi connectivity index (χ3n) is 5.34. The van der Waals surface area contributed by atoms with E-state index in [-0.39, 0.29) is 48.4 Å². The third-order valence-corrected chi connectivity index (χ3v) is 8.21. The van der Waals surface area contributed by atoms with Gasteiger partial charge in [0.15, 0.2) is 0 Å². The van der Waals surface area contributed by atoms with Gasteiger partial charge in [-0.05, 0) is 29.0 Å². The monoisotopic (exact) mass is 471 g/mol. The van der Waals surface area contributed by atoms with Crippen LogP contribution in [0.25, 0.3) is 10.8 Å². The zero-order chi connectivity index (χ0) is 22.7. The summed E-state index contributed by atoms with van der Waals surface area (Å²) in [7, 11) is -3.86. The van der Waals surface area contributed by atoms with Crippen molar-refractivity contribution in [2.24, 2.45) is 0 Å². The molecule has 1 amide bonds. The predicted octanol–water partition coefficient (Wildman–Crippen LogP) is 3.37. The highest BCUT2D eigenvalue weighted by Crippen LogP contribution is 2.25. The molecule has 1 fully saturated rings. The van der Waals surface area contributed by atoms with Crippen molar-refractivity contribution in [3.8, 4) is 0 Å². The predicted molar refractivity (Wildman–Crippen MR) is 123 cm³/mol. The number of fused-ring (bicyclic) bond motifs is 1. The molecule has 0 N–H and O–H groups in total. The fourth-order valence-electron chi connectivity index (χ4n) is 3.58. The van der Waals surface area contributed by atoms with Crippen molar-refractivity contribution in [1.82, 2.24) is 9.21 Å². The Morgan fingerprint density at radius 2 is 1.66 bits per heavy atom. The van der Waals surface area contributed by atoms with Crippen molar-refractivity contribution in [1.29, 1.82) is 0 Å². The van der Waals surface area contributed by atoms with E-state index >= 15 is 0 Å². The van der Waals surface area contributed by atoms with Gasteiger partial charge in [-0.25, -0.2) is 8.42 Å². The Balaban J connectivity index is 1.35. The number of carbonyl (C=O) groups is 1. The topological polar surface area (TPSA) is 101 Å². The quantitative estimate of drug-likeness (QED) is 0.310. The highest BCUT2D eigenvalue weighted by atomic mass is 32.2. The molecule has 10 heteroatoms. The van der Waals surface area contributed by atoms with E-state index in [1.165, 1.54) is 34.3 Å². The molecular formula is C22H21N3O5S2. The van der Waals surface area contributed by atoms with Crippen LogP contribution in [0.4, 0.5) is 5.69 Å². The zero-order valence-electron chi connectivity index (χ0n) is 17.1. The number of sulfonamides is 1. The van der Waals surface area contributed by atoms with Crippen LogP contribution >= 0.6 is 11.8 Å². The number of benzene rings is 3. The molecule has 0 unspecified atom stereocenters. The van der Waals surface area contributed by atoms with Crippen molar-refractivity contribution in [2.45, 2.75) is 9.79 Å². The second-order valence-electron chi connectivity index (χ2n) is 7.34. The van der Waals surface area contributed by atoms with E-state index in [2.05, 4.69) is 6.07 Å². The number of hydrogen-bond acceptors (Lipinski definition) is 6. The van der Waals surface area contributed by atoms with E-state index in [1.807, 2.05) is 36.4 Å². The lowest BCUT2D eigenvalue weighted by Gasteiger charge is -2.34. The van der Waals surface area contributed by atoms with Crippen LogP contribution in [-0.4, -0.2) is 60.4 Å². The maximum atomic E-state index is 12.9. The summed E-state index contributed by atoms with van der Waals surface area (Å²) in [6.45, 7) is 0.866. The number of carbonyl (C=O) groups excluding carboxylic acids is 1. The number of amides is 1. The van der Waals surface area contributed by atoms with Gasteiger partial charge >= 0.3 is 0 Å². The van der Waals surface area contributed by atoms with Gasteiger partial charge in [0.05, 0.1) is 15.6 Å². The third kappa shape index (κ3) is 4.77. The molecule has 4 rings (SSSR count). The largest absolute Gasteiger partial charge is 0.339 e. The minimum atomic E-state index is -3.86.